The van der Waals surface area contributed by atoms with Crippen molar-refractivity contribution in [2.75, 3.05) is 33.4 Å². The maximum absolute atomic E-state index is 5.62. The van der Waals surface area contributed by atoms with E-state index in [0.29, 0.717) is 0 Å². The van der Waals surface area contributed by atoms with Gasteiger partial charge in [-0.05, 0) is 45.6 Å². The lowest BCUT2D eigenvalue weighted by Gasteiger charge is -2.23. The van der Waals surface area contributed by atoms with E-state index in [2.05, 4.69) is 19.2 Å². The minimum Gasteiger partial charge on any atom is -0.380 e. The van der Waals surface area contributed by atoms with Crippen molar-refractivity contribution in [2.24, 2.45) is 5.92 Å². The van der Waals surface area contributed by atoms with E-state index in [1.807, 2.05) is 0 Å². The van der Waals surface area contributed by atoms with Crippen LogP contribution in [0.15, 0.2) is 0 Å². The molecule has 18 heavy (non-hydrogen) atoms. The first kappa shape index (κ1) is 15.9. The molecule has 1 saturated carbocycles. The quantitative estimate of drug-likeness (QED) is 0.644. The molecule has 1 rings (SSSR count). The van der Waals surface area contributed by atoms with Gasteiger partial charge in [0.2, 0.25) is 0 Å². The molecule has 0 heterocycles. The third-order valence-electron chi connectivity index (χ3n) is 3.98. The Morgan fingerprint density at radius 1 is 1.11 bits per heavy atom. The van der Waals surface area contributed by atoms with Crippen LogP contribution < -0.4 is 5.32 Å². The summed E-state index contributed by atoms with van der Waals surface area (Å²) < 4.78 is 11.0. The maximum Gasteiger partial charge on any atom is 0.0644 e. The lowest BCUT2D eigenvalue weighted by molar-refractivity contribution is -0.00940. The molecule has 3 heteroatoms. The molecule has 0 unspecified atom stereocenters. The molecule has 1 aliphatic carbocycles. The van der Waals surface area contributed by atoms with Crippen molar-refractivity contribution in [2.45, 2.75) is 58.0 Å². The summed E-state index contributed by atoms with van der Waals surface area (Å²) in [5, 5.41) is 3.51. The van der Waals surface area contributed by atoms with E-state index >= 15 is 0 Å². The second kappa shape index (κ2) is 8.89. The van der Waals surface area contributed by atoms with Crippen molar-refractivity contribution in [3.05, 3.63) is 0 Å². The Morgan fingerprint density at radius 2 is 1.83 bits per heavy atom. The summed E-state index contributed by atoms with van der Waals surface area (Å²) in [6.45, 7) is 7.94. The number of hydrogen-bond donors (Lipinski definition) is 1. The Bertz CT molecular complexity index is 201. The molecule has 0 aromatic carbocycles. The third-order valence-corrected chi connectivity index (χ3v) is 3.98. The van der Waals surface area contributed by atoms with E-state index in [1.165, 1.54) is 38.6 Å². The van der Waals surface area contributed by atoms with Crippen LogP contribution in [-0.4, -0.2) is 39.0 Å². The maximum atomic E-state index is 5.62. The first-order valence-corrected chi connectivity index (χ1v) is 7.48. The van der Waals surface area contributed by atoms with Gasteiger partial charge in [0.25, 0.3) is 0 Å². The van der Waals surface area contributed by atoms with E-state index in [0.717, 1.165) is 32.1 Å². The first-order chi connectivity index (χ1) is 8.64. The normalized spacial score (nSPS) is 18.2. The summed E-state index contributed by atoms with van der Waals surface area (Å²) in [4.78, 5) is 0. The van der Waals surface area contributed by atoms with Crippen LogP contribution in [-0.2, 0) is 9.47 Å². The Labute approximate surface area is 113 Å². The van der Waals surface area contributed by atoms with E-state index in [1.54, 1.807) is 7.11 Å². The summed E-state index contributed by atoms with van der Waals surface area (Å²) in [5.74, 6) is 0.908. The Balaban J connectivity index is 1.86. The SMILES string of the molecule is COC(C)(C)CCOCCNCC1CCCCC1. The summed E-state index contributed by atoms with van der Waals surface area (Å²) in [6.07, 6.45) is 8.07. The largest absolute Gasteiger partial charge is 0.380 e. The number of ether oxygens (including phenoxy) is 2. The Hall–Kier alpha value is -0.120. The standard InChI is InChI=1S/C15H31NO2/c1-15(2,17-3)9-11-18-12-10-16-13-14-7-5-4-6-8-14/h14,16H,4-13H2,1-3H3. The second-order valence-electron chi connectivity index (χ2n) is 6.03. The fourth-order valence-corrected chi connectivity index (χ4v) is 2.36. The highest BCUT2D eigenvalue weighted by Crippen LogP contribution is 2.22. The van der Waals surface area contributed by atoms with Gasteiger partial charge in [0.1, 0.15) is 0 Å². The van der Waals surface area contributed by atoms with Gasteiger partial charge < -0.3 is 14.8 Å². The van der Waals surface area contributed by atoms with Crippen LogP contribution in [0.3, 0.4) is 0 Å². The Kier molecular flexibility index (Phi) is 7.87. The van der Waals surface area contributed by atoms with Crippen LogP contribution >= 0.6 is 0 Å². The molecule has 0 bridgehead atoms. The zero-order valence-corrected chi connectivity index (χ0v) is 12.5. The predicted molar refractivity (Wildman–Crippen MR) is 76.0 cm³/mol. The first-order valence-electron chi connectivity index (χ1n) is 7.48. The molecule has 1 N–H and O–H groups in total. The van der Waals surface area contributed by atoms with Gasteiger partial charge in [0, 0.05) is 20.3 Å². The van der Waals surface area contributed by atoms with Gasteiger partial charge in [-0.2, -0.15) is 0 Å². The molecule has 0 amide bonds. The van der Waals surface area contributed by atoms with Gasteiger partial charge in [-0.3, -0.25) is 0 Å². The highest BCUT2D eigenvalue weighted by atomic mass is 16.5. The van der Waals surface area contributed by atoms with Crippen LogP contribution in [0.5, 0.6) is 0 Å². The van der Waals surface area contributed by atoms with Gasteiger partial charge >= 0.3 is 0 Å². The molecule has 1 fully saturated rings. The molecule has 0 spiro atoms. The Morgan fingerprint density at radius 3 is 2.50 bits per heavy atom. The molecule has 0 aliphatic heterocycles. The lowest BCUT2D eigenvalue weighted by Crippen LogP contribution is -2.28. The van der Waals surface area contributed by atoms with Crippen LogP contribution in [0, 0.1) is 5.92 Å². The molecule has 0 atom stereocenters. The van der Waals surface area contributed by atoms with E-state index < -0.39 is 0 Å². The smallest absolute Gasteiger partial charge is 0.0644 e. The zero-order chi connectivity index (χ0) is 13.3. The summed E-state index contributed by atoms with van der Waals surface area (Å²) in [6, 6.07) is 0. The van der Waals surface area contributed by atoms with Crippen LogP contribution in [0.1, 0.15) is 52.4 Å². The molecule has 1 aliphatic rings. The van der Waals surface area contributed by atoms with Crippen molar-refractivity contribution < 1.29 is 9.47 Å². The average Bonchev–Trinajstić information content (AvgIpc) is 2.39. The highest BCUT2D eigenvalue weighted by Gasteiger charge is 2.15. The minimum atomic E-state index is -0.0600. The topological polar surface area (TPSA) is 30.5 Å². The molecule has 0 aromatic heterocycles. The summed E-state index contributed by atoms with van der Waals surface area (Å²) >= 11 is 0. The minimum absolute atomic E-state index is 0.0600. The number of hydrogen-bond acceptors (Lipinski definition) is 3. The van der Waals surface area contributed by atoms with Crippen molar-refractivity contribution in [3.63, 3.8) is 0 Å². The molecular weight excluding hydrogens is 226 g/mol. The molecule has 0 aromatic rings. The average molecular weight is 257 g/mol. The molecule has 0 saturated heterocycles. The number of rotatable bonds is 9. The molecule has 0 radical (unpaired) electrons. The monoisotopic (exact) mass is 257 g/mol. The number of methoxy groups -OCH3 is 1. The van der Waals surface area contributed by atoms with Gasteiger partial charge in [0.15, 0.2) is 0 Å². The fourth-order valence-electron chi connectivity index (χ4n) is 2.36. The third kappa shape index (κ3) is 7.34. The fraction of sp³-hybridized carbons (Fsp3) is 1.00. The van der Waals surface area contributed by atoms with Gasteiger partial charge in [0.05, 0.1) is 12.2 Å². The van der Waals surface area contributed by atoms with E-state index in [-0.39, 0.29) is 5.60 Å². The summed E-state index contributed by atoms with van der Waals surface area (Å²) in [5.41, 5.74) is -0.0600. The highest BCUT2D eigenvalue weighted by molar-refractivity contribution is 4.68. The molecule has 3 nitrogen and oxygen atoms in total. The van der Waals surface area contributed by atoms with Crippen LogP contribution in [0.2, 0.25) is 0 Å². The molecule has 108 valence electrons. The van der Waals surface area contributed by atoms with Crippen molar-refractivity contribution in [3.8, 4) is 0 Å². The van der Waals surface area contributed by atoms with Crippen LogP contribution in [0.25, 0.3) is 0 Å². The van der Waals surface area contributed by atoms with E-state index in [9.17, 15) is 0 Å². The van der Waals surface area contributed by atoms with Gasteiger partial charge in [-0.25, -0.2) is 0 Å². The van der Waals surface area contributed by atoms with Gasteiger partial charge in [-0.1, -0.05) is 19.3 Å². The number of nitrogens with one attached hydrogen (secondary N) is 1. The lowest BCUT2D eigenvalue weighted by atomic mass is 9.89. The van der Waals surface area contributed by atoms with Crippen LogP contribution in [0.4, 0.5) is 0 Å². The summed E-state index contributed by atoms with van der Waals surface area (Å²) in [7, 11) is 1.76. The predicted octanol–water partition coefficient (Wildman–Crippen LogP) is 2.99. The van der Waals surface area contributed by atoms with Crippen molar-refractivity contribution >= 4 is 0 Å². The van der Waals surface area contributed by atoms with Crippen molar-refractivity contribution in [1.82, 2.24) is 5.32 Å². The van der Waals surface area contributed by atoms with E-state index in [4.69, 9.17) is 9.47 Å². The second-order valence-corrected chi connectivity index (χ2v) is 6.03. The van der Waals surface area contributed by atoms with Gasteiger partial charge in [-0.15, -0.1) is 0 Å². The molecular formula is C15H31NO2. The zero-order valence-electron chi connectivity index (χ0n) is 12.5. The van der Waals surface area contributed by atoms with Crippen molar-refractivity contribution in [1.29, 1.82) is 0 Å².